The molecule has 0 radical (unpaired) electrons. The van der Waals surface area contributed by atoms with E-state index in [4.69, 9.17) is 39.5 Å². The second kappa shape index (κ2) is 9.17. The Morgan fingerprint density at radius 1 is 0.967 bits per heavy atom. The van der Waals surface area contributed by atoms with Crippen LogP contribution in [0.2, 0.25) is 15.1 Å². The molecule has 0 aliphatic carbocycles. The van der Waals surface area contributed by atoms with Crippen LogP contribution in [0.25, 0.3) is 6.08 Å². The Balaban J connectivity index is 1.70. The maximum Gasteiger partial charge on any atom is 0.328 e. The van der Waals surface area contributed by atoms with E-state index < -0.39 is 23.8 Å². The molecule has 3 rings (SSSR count). The number of hydrogen-bond donors (Lipinski definition) is 3. The first-order valence-corrected chi connectivity index (χ1v) is 9.42. The molecule has 11 heteroatoms. The maximum absolute atomic E-state index is 12.0. The van der Waals surface area contributed by atoms with E-state index in [2.05, 4.69) is 5.32 Å². The van der Waals surface area contributed by atoms with Crippen molar-refractivity contribution in [3.63, 3.8) is 0 Å². The van der Waals surface area contributed by atoms with E-state index >= 15 is 0 Å². The number of amides is 5. The van der Waals surface area contributed by atoms with Gasteiger partial charge in [-0.25, -0.2) is 4.79 Å². The zero-order chi connectivity index (χ0) is 21.8. The number of halogens is 3. The van der Waals surface area contributed by atoms with E-state index in [0.717, 1.165) is 0 Å². The summed E-state index contributed by atoms with van der Waals surface area (Å²) < 4.78 is 5.40. The highest BCUT2D eigenvalue weighted by Gasteiger charge is 2.27. The lowest BCUT2D eigenvalue weighted by atomic mass is 10.1. The molecule has 154 valence electrons. The van der Waals surface area contributed by atoms with E-state index in [1.165, 1.54) is 18.2 Å². The normalized spacial score (nSPS) is 13.4. The highest BCUT2D eigenvalue weighted by atomic mass is 35.5. The third-order valence-corrected chi connectivity index (χ3v) is 4.56. The Morgan fingerprint density at radius 3 is 2.10 bits per heavy atom. The topological polar surface area (TPSA) is 114 Å². The number of benzene rings is 2. The molecular weight excluding hydrogens is 457 g/mol. The fourth-order valence-corrected chi connectivity index (χ4v) is 3.18. The smallest absolute Gasteiger partial charge is 0.328 e. The lowest BCUT2D eigenvalue weighted by Crippen LogP contribution is -2.51. The maximum atomic E-state index is 12.0. The summed E-state index contributed by atoms with van der Waals surface area (Å²) in [5, 5.41) is 7.18. The summed E-state index contributed by atoms with van der Waals surface area (Å²) in [6.45, 7) is -0.366. The number of anilines is 1. The summed E-state index contributed by atoms with van der Waals surface area (Å²) >= 11 is 18.1. The summed E-state index contributed by atoms with van der Waals surface area (Å²) in [6, 6.07) is 8.40. The zero-order valence-electron chi connectivity index (χ0n) is 14.9. The monoisotopic (exact) mass is 467 g/mol. The van der Waals surface area contributed by atoms with E-state index in [-0.39, 0.29) is 28.0 Å². The highest BCUT2D eigenvalue weighted by molar-refractivity contribution is 6.37. The molecule has 0 bridgehead atoms. The number of carbonyl (C=O) groups is 4. The SMILES string of the molecule is O=C(COc1c(Cl)cc(C=C2C(=O)NC(=O)NC2=O)cc1Cl)Nc1ccc(Cl)cc1. The Labute approximate surface area is 185 Å². The molecule has 1 aliphatic heterocycles. The van der Waals surface area contributed by atoms with Gasteiger partial charge in [0.2, 0.25) is 0 Å². The third-order valence-electron chi connectivity index (χ3n) is 3.75. The lowest BCUT2D eigenvalue weighted by molar-refractivity contribution is -0.124. The Bertz CT molecular complexity index is 1040. The van der Waals surface area contributed by atoms with Crippen molar-refractivity contribution in [3.8, 4) is 5.75 Å². The van der Waals surface area contributed by atoms with Gasteiger partial charge >= 0.3 is 6.03 Å². The van der Waals surface area contributed by atoms with Crippen LogP contribution in [0, 0.1) is 0 Å². The lowest BCUT2D eigenvalue weighted by Gasteiger charge is -2.14. The van der Waals surface area contributed by atoms with Gasteiger partial charge < -0.3 is 10.1 Å². The van der Waals surface area contributed by atoms with Crippen LogP contribution in [0.3, 0.4) is 0 Å². The Hall–Kier alpha value is -3.07. The summed E-state index contributed by atoms with van der Waals surface area (Å²) in [5.41, 5.74) is 0.560. The van der Waals surface area contributed by atoms with Gasteiger partial charge in [-0.05, 0) is 48.0 Å². The minimum atomic E-state index is -0.904. The molecule has 1 aliphatic rings. The van der Waals surface area contributed by atoms with Gasteiger partial charge in [-0.3, -0.25) is 25.0 Å². The van der Waals surface area contributed by atoms with Gasteiger partial charge in [-0.15, -0.1) is 0 Å². The molecule has 2 aromatic carbocycles. The van der Waals surface area contributed by atoms with Gasteiger partial charge in [0.25, 0.3) is 17.7 Å². The average Bonchev–Trinajstić information content (AvgIpc) is 2.66. The molecule has 0 atom stereocenters. The van der Waals surface area contributed by atoms with Crippen molar-refractivity contribution in [2.45, 2.75) is 0 Å². The molecule has 1 fully saturated rings. The zero-order valence-corrected chi connectivity index (χ0v) is 17.2. The minimum absolute atomic E-state index is 0.0551. The van der Waals surface area contributed by atoms with Crippen LogP contribution in [0.5, 0.6) is 5.75 Å². The summed E-state index contributed by atoms with van der Waals surface area (Å²) in [5.74, 6) is -2.10. The number of carbonyl (C=O) groups excluding carboxylic acids is 4. The second-order valence-corrected chi connectivity index (χ2v) is 7.20. The van der Waals surface area contributed by atoms with Crippen molar-refractivity contribution in [1.29, 1.82) is 0 Å². The molecule has 2 aromatic rings. The van der Waals surface area contributed by atoms with E-state index in [1.807, 2.05) is 10.6 Å². The Kier molecular flexibility index (Phi) is 6.61. The molecule has 30 heavy (non-hydrogen) atoms. The van der Waals surface area contributed by atoms with Gasteiger partial charge in [0.1, 0.15) is 5.57 Å². The first-order valence-electron chi connectivity index (χ1n) is 8.28. The number of rotatable bonds is 5. The van der Waals surface area contributed by atoms with Crippen molar-refractivity contribution in [1.82, 2.24) is 10.6 Å². The molecule has 0 unspecified atom stereocenters. The van der Waals surface area contributed by atoms with Crippen molar-refractivity contribution < 1.29 is 23.9 Å². The predicted octanol–water partition coefficient (Wildman–Crippen LogP) is 3.41. The molecule has 0 saturated carbocycles. The molecule has 1 saturated heterocycles. The first kappa shape index (κ1) is 21.6. The van der Waals surface area contributed by atoms with E-state index in [1.54, 1.807) is 24.3 Å². The van der Waals surface area contributed by atoms with Crippen LogP contribution < -0.4 is 20.7 Å². The summed E-state index contributed by atoms with van der Waals surface area (Å²) in [7, 11) is 0. The van der Waals surface area contributed by atoms with Crippen LogP contribution in [0.1, 0.15) is 5.56 Å². The quantitative estimate of drug-likeness (QED) is 0.460. The number of urea groups is 1. The molecule has 8 nitrogen and oxygen atoms in total. The van der Waals surface area contributed by atoms with Crippen LogP contribution in [-0.4, -0.2) is 30.4 Å². The van der Waals surface area contributed by atoms with Gasteiger partial charge in [-0.1, -0.05) is 34.8 Å². The standard InChI is InChI=1S/C19H12Cl3N3O5/c20-10-1-3-11(4-2-10)23-15(26)8-30-16-13(21)6-9(7-14(16)22)5-12-17(27)24-19(29)25-18(12)28/h1-7H,8H2,(H,23,26)(H2,24,25,27,28,29). The van der Waals surface area contributed by atoms with E-state index in [0.29, 0.717) is 16.3 Å². The first-order chi connectivity index (χ1) is 14.2. The van der Waals surface area contributed by atoms with Crippen molar-refractivity contribution in [2.75, 3.05) is 11.9 Å². The predicted molar refractivity (Wildman–Crippen MR) is 112 cm³/mol. The second-order valence-electron chi connectivity index (χ2n) is 5.95. The molecule has 3 N–H and O–H groups in total. The largest absolute Gasteiger partial charge is 0.481 e. The highest BCUT2D eigenvalue weighted by Crippen LogP contribution is 2.35. The van der Waals surface area contributed by atoms with Gasteiger partial charge in [0.15, 0.2) is 12.4 Å². The fourth-order valence-electron chi connectivity index (χ4n) is 2.44. The number of imide groups is 2. The van der Waals surface area contributed by atoms with Gasteiger partial charge in [-0.2, -0.15) is 0 Å². The molecular formula is C19H12Cl3N3O5. The van der Waals surface area contributed by atoms with Crippen LogP contribution in [0.4, 0.5) is 10.5 Å². The van der Waals surface area contributed by atoms with Gasteiger partial charge in [0.05, 0.1) is 10.0 Å². The number of nitrogens with one attached hydrogen (secondary N) is 3. The van der Waals surface area contributed by atoms with Crippen molar-refractivity contribution in [2.24, 2.45) is 0 Å². The number of barbiturate groups is 1. The summed E-state index contributed by atoms with van der Waals surface area (Å²) in [4.78, 5) is 46.7. The van der Waals surface area contributed by atoms with Crippen LogP contribution >= 0.6 is 34.8 Å². The third kappa shape index (κ3) is 5.29. The number of hydrogen-bond acceptors (Lipinski definition) is 5. The van der Waals surface area contributed by atoms with Crippen molar-refractivity contribution >= 4 is 70.3 Å². The fraction of sp³-hybridized carbons (Fsp3) is 0.0526. The molecule has 1 heterocycles. The average molecular weight is 469 g/mol. The van der Waals surface area contributed by atoms with E-state index in [9.17, 15) is 19.2 Å². The van der Waals surface area contributed by atoms with Crippen LogP contribution in [-0.2, 0) is 14.4 Å². The van der Waals surface area contributed by atoms with Crippen LogP contribution in [0.15, 0.2) is 42.0 Å². The minimum Gasteiger partial charge on any atom is -0.481 e. The molecule has 0 aromatic heterocycles. The molecule has 5 amide bonds. The van der Waals surface area contributed by atoms with Gasteiger partial charge in [0, 0.05) is 10.7 Å². The summed E-state index contributed by atoms with van der Waals surface area (Å²) in [6.07, 6.45) is 1.21. The Morgan fingerprint density at radius 2 is 1.53 bits per heavy atom. The number of ether oxygens (including phenoxy) is 1. The molecule has 0 spiro atoms. The van der Waals surface area contributed by atoms with Crippen molar-refractivity contribution in [3.05, 3.63) is 62.6 Å².